The van der Waals surface area contributed by atoms with Gasteiger partial charge in [0.2, 0.25) is 11.6 Å². The predicted molar refractivity (Wildman–Crippen MR) is 131 cm³/mol. The maximum atomic E-state index is 15.0. The Morgan fingerprint density at radius 3 is 2.59 bits per heavy atom. The van der Waals surface area contributed by atoms with E-state index < -0.39 is 29.0 Å². The van der Waals surface area contributed by atoms with Crippen LogP contribution in [0, 0.1) is 18.6 Å². The molecule has 0 unspecified atom stereocenters. The number of amides is 2. The van der Waals surface area contributed by atoms with Crippen LogP contribution in [-0.4, -0.2) is 67.5 Å². The lowest BCUT2D eigenvalue weighted by Crippen LogP contribution is -2.70. The first kappa shape index (κ1) is 26.3. The third-order valence-electron chi connectivity index (χ3n) is 6.00. The van der Waals surface area contributed by atoms with E-state index in [1.807, 2.05) is 0 Å². The number of pyridine rings is 1. The van der Waals surface area contributed by atoms with Gasteiger partial charge in [-0.3, -0.25) is 14.6 Å². The van der Waals surface area contributed by atoms with Crippen molar-refractivity contribution in [1.82, 2.24) is 41.0 Å². The highest BCUT2D eigenvalue weighted by molar-refractivity contribution is 6.31. The van der Waals surface area contributed by atoms with Gasteiger partial charge in [0.05, 0.1) is 37.2 Å². The van der Waals surface area contributed by atoms with E-state index in [1.165, 1.54) is 36.2 Å². The van der Waals surface area contributed by atoms with Crippen molar-refractivity contribution < 1.29 is 27.6 Å². The quantitative estimate of drug-likeness (QED) is 0.331. The number of hydrogen-bond donors (Lipinski definition) is 2. The van der Waals surface area contributed by atoms with Crippen LogP contribution in [0.25, 0.3) is 22.5 Å². The summed E-state index contributed by atoms with van der Waals surface area (Å²) in [5.74, 6) is -2.49. The maximum absolute atomic E-state index is 15.0. The van der Waals surface area contributed by atoms with Crippen LogP contribution in [0.15, 0.2) is 35.0 Å². The molecule has 0 radical (unpaired) electrons. The Kier molecular flexibility index (Phi) is 7.06. The number of ether oxygens (including phenoxy) is 1. The highest BCUT2D eigenvalue weighted by atomic mass is 35.5. The molecule has 4 heterocycles. The van der Waals surface area contributed by atoms with Crippen molar-refractivity contribution in [2.75, 3.05) is 19.8 Å². The molecule has 1 saturated heterocycles. The molecule has 15 heteroatoms. The fourth-order valence-electron chi connectivity index (χ4n) is 3.99. The molecule has 1 fully saturated rings. The van der Waals surface area contributed by atoms with E-state index in [-0.39, 0.29) is 65.2 Å². The van der Waals surface area contributed by atoms with E-state index in [4.69, 9.17) is 20.9 Å². The van der Waals surface area contributed by atoms with Gasteiger partial charge in [0, 0.05) is 35.8 Å². The van der Waals surface area contributed by atoms with Gasteiger partial charge in [-0.05, 0) is 35.9 Å². The molecule has 0 atom stereocenters. The van der Waals surface area contributed by atoms with Gasteiger partial charge in [-0.2, -0.15) is 4.80 Å². The van der Waals surface area contributed by atoms with Gasteiger partial charge in [-0.15, -0.1) is 10.2 Å². The summed E-state index contributed by atoms with van der Waals surface area (Å²) in [6, 6.07) is 5.20. The summed E-state index contributed by atoms with van der Waals surface area (Å²) in [4.78, 5) is 30.6. The first-order chi connectivity index (χ1) is 18.6. The van der Waals surface area contributed by atoms with Gasteiger partial charge in [-0.1, -0.05) is 16.8 Å². The maximum Gasteiger partial charge on any atom is 0.290 e. The van der Waals surface area contributed by atoms with Crippen LogP contribution in [0.4, 0.5) is 8.78 Å². The molecule has 0 saturated carbocycles. The number of rotatable bonds is 8. The third-order valence-corrected chi connectivity index (χ3v) is 6.22. The van der Waals surface area contributed by atoms with Crippen molar-refractivity contribution in [3.05, 3.63) is 64.3 Å². The van der Waals surface area contributed by atoms with Crippen molar-refractivity contribution in [1.29, 1.82) is 0 Å². The summed E-state index contributed by atoms with van der Waals surface area (Å²) >= 11 is 6.06. The van der Waals surface area contributed by atoms with Crippen LogP contribution in [0.1, 0.15) is 21.9 Å². The smallest absolute Gasteiger partial charge is 0.290 e. The zero-order valence-corrected chi connectivity index (χ0v) is 21.4. The SMILES string of the molecule is Cc1cc(C(=O)NC2(C(=O)NCCc3ncc(-c4cc(Cl)cc(F)c4-c4nnn(C)n4)cc3F)COC2)on1. The highest BCUT2D eigenvalue weighted by Gasteiger charge is 2.47. The first-order valence-corrected chi connectivity index (χ1v) is 12.0. The Balaban J connectivity index is 1.27. The second-order valence-electron chi connectivity index (χ2n) is 8.93. The number of aromatic nitrogens is 6. The summed E-state index contributed by atoms with van der Waals surface area (Å²) in [6.07, 6.45) is 1.42. The van der Waals surface area contributed by atoms with E-state index in [9.17, 15) is 14.0 Å². The largest absolute Gasteiger partial charge is 0.375 e. The number of benzene rings is 1. The van der Waals surface area contributed by atoms with Crippen LogP contribution < -0.4 is 10.6 Å². The molecule has 1 aliphatic heterocycles. The Labute approximate surface area is 224 Å². The van der Waals surface area contributed by atoms with E-state index in [0.717, 1.165) is 6.07 Å². The number of halogens is 3. The van der Waals surface area contributed by atoms with Crippen molar-refractivity contribution in [3.8, 4) is 22.5 Å². The fraction of sp³-hybridized carbons (Fsp3) is 0.292. The Hall–Kier alpha value is -4.30. The van der Waals surface area contributed by atoms with E-state index in [1.54, 1.807) is 6.92 Å². The lowest BCUT2D eigenvalue weighted by molar-refractivity contribution is -0.146. The van der Waals surface area contributed by atoms with Crippen LogP contribution >= 0.6 is 11.6 Å². The minimum Gasteiger partial charge on any atom is -0.375 e. The normalized spacial score (nSPS) is 14.1. The number of hydrogen-bond acceptors (Lipinski definition) is 9. The molecule has 12 nitrogen and oxygen atoms in total. The molecule has 2 amide bonds. The van der Waals surface area contributed by atoms with E-state index in [0.29, 0.717) is 5.69 Å². The first-order valence-electron chi connectivity index (χ1n) is 11.7. The van der Waals surface area contributed by atoms with Crippen molar-refractivity contribution >= 4 is 23.4 Å². The average Bonchev–Trinajstić information content (AvgIpc) is 3.49. The summed E-state index contributed by atoms with van der Waals surface area (Å²) in [7, 11) is 1.53. The van der Waals surface area contributed by atoms with Gasteiger partial charge in [0.25, 0.3) is 11.8 Å². The van der Waals surface area contributed by atoms with E-state index in [2.05, 4.69) is 36.2 Å². The number of carbonyl (C=O) groups is 2. The molecule has 0 bridgehead atoms. The molecule has 5 rings (SSSR count). The van der Waals surface area contributed by atoms with Crippen LogP contribution in [0.2, 0.25) is 5.02 Å². The van der Waals surface area contributed by atoms with Crippen molar-refractivity contribution in [2.24, 2.45) is 7.05 Å². The second kappa shape index (κ2) is 10.5. The van der Waals surface area contributed by atoms with Gasteiger partial charge in [0.15, 0.2) is 5.54 Å². The van der Waals surface area contributed by atoms with Gasteiger partial charge in [-0.25, -0.2) is 8.78 Å². The fourth-order valence-corrected chi connectivity index (χ4v) is 4.19. The molecule has 0 aliphatic carbocycles. The molecule has 2 N–H and O–H groups in total. The zero-order valence-electron chi connectivity index (χ0n) is 20.7. The van der Waals surface area contributed by atoms with Crippen LogP contribution in [0.3, 0.4) is 0 Å². The van der Waals surface area contributed by atoms with Gasteiger partial charge in [0.1, 0.15) is 11.6 Å². The Bertz CT molecular complexity index is 1570. The van der Waals surface area contributed by atoms with Gasteiger partial charge < -0.3 is 19.9 Å². The Morgan fingerprint density at radius 2 is 1.97 bits per heavy atom. The number of tetrazole rings is 1. The van der Waals surface area contributed by atoms with E-state index >= 15 is 4.39 Å². The summed E-state index contributed by atoms with van der Waals surface area (Å²) in [6.45, 7) is 1.63. The summed E-state index contributed by atoms with van der Waals surface area (Å²) < 4.78 is 39.9. The molecule has 202 valence electrons. The van der Waals surface area contributed by atoms with Crippen LogP contribution in [-0.2, 0) is 23.0 Å². The number of nitrogens with one attached hydrogen (secondary N) is 2. The van der Waals surface area contributed by atoms with Crippen LogP contribution in [0.5, 0.6) is 0 Å². The highest BCUT2D eigenvalue weighted by Crippen LogP contribution is 2.35. The number of nitrogens with zero attached hydrogens (tertiary/aromatic N) is 6. The minimum absolute atomic E-state index is 0.00395. The molecule has 3 aromatic heterocycles. The number of carbonyl (C=O) groups excluding carboxylic acids is 2. The monoisotopic (exact) mass is 558 g/mol. The summed E-state index contributed by atoms with van der Waals surface area (Å²) in [5.41, 5.74) is -0.199. The van der Waals surface area contributed by atoms with Gasteiger partial charge >= 0.3 is 0 Å². The predicted octanol–water partition coefficient (Wildman–Crippen LogP) is 2.02. The average molecular weight is 559 g/mol. The molecular weight excluding hydrogens is 538 g/mol. The minimum atomic E-state index is -1.28. The van der Waals surface area contributed by atoms with Crippen molar-refractivity contribution in [2.45, 2.75) is 18.9 Å². The third kappa shape index (κ3) is 5.33. The number of aryl methyl sites for hydroxylation is 2. The standard InChI is InChI=1S/C24H21ClF2N8O4/c1-12-5-19(39-33-12)22(36)30-24(10-38-11-24)23(37)28-4-3-18-16(26)6-13(9-29-18)15-7-14(25)8-17(27)20(15)21-31-34-35(2)32-21/h5-9H,3-4,10-11H2,1-2H3,(H,28,37)(H,30,36). The molecule has 1 aromatic carbocycles. The summed E-state index contributed by atoms with van der Waals surface area (Å²) in [5, 5.41) is 20.7. The topological polar surface area (TPSA) is 150 Å². The molecule has 0 spiro atoms. The lowest BCUT2D eigenvalue weighted by atomic mass is 9.95. The lowest BCUT2D eigenvalue weighted by Gasteiger charge is -2.39. The molecular formula is C24H21ClF2N8O4. The Morgan fingerprint density at radius 1 is 1.18 bits per heavy atom. The zero-order chi connectivity index (χ0) is 27.7. The van der Waals surface area contributed by atoms with Crippen molar-refractivity contribution in [3.63, 3.8) is 0 Å². The second-order valence-corrected chi connectivity index (χ2v) is 9.37. The molecule has 39 heavy (non-hydrogen) atoms. The molecule has 1 aliphatic rings. The molecule has 4 aromatic rings.